The molecule has 4 rings (SSSR count). The van der Waals surface area contributed by atoms with E-state index in [0.717, 1.165) is 5.56 Å². The van der Waals surface area contributed by atoms with Crippen molar-refractivity contribution in [2.45, 2.75) is 11.8 Å². The standard InChI is InChI=1S/C25H21N3O6S/c1-3-14-33-25(30)18-6-4-17(5-7-18)23-13-10-20(34-23)15-22-16(2)27-28(24(22)29)19-8-11-21(12-9-19)35(26,31)32/h3-13,15H,1,14H2,2H3,(H2,26,31,32). The van der Waals surface area contributed by atoms with Gasteiger partial charge >= 0.3 is 5.97 Å². The Bertz CT molecular complexity index is 1470. The molecule has 35 heavy (non-hydrogen) atoms. The Morgan fingerprint density at radius 1 is 1.11 bits per heavy atom. The van der Waals surface area contributed by atoms with Crippen LogP contribution >= 0.6 is 0 Å². The highest BCUT2D eigenvalue weighted by molar-refractivity contribution is 7.89. The van der Waals surface area contributed by atoms with Crippen LogP contribution in [0.5, 0.6) is 0 Å². The van der Waals surface area contributed by atoms with E-state index in [-0.39, 0.29) is 17.4 Å². The monoisotopic (exact) mass is 491 g/mol. The number of primary sulfonamides is 1. The molecule has 0 saturated heterocycles. The number of esters is 1. The van der Waals surface area contributed by atoms with Crippen LogP contribution in [0.15, 0.2) is 93.3 Å². The number of rotatable bonds is 7. The number of anilines is 1. The smallest absolute Gasteiger partial charge is 0.338 e. The Labute approximate surface area is 201 Å². The first kappa shape index (κ1) is 23.9. The maximum absolute atomic E-state index is 13.0. The molecule has 0 bridgehead atoms. The number of carbonyl (C=O) groups excluding carboxylic acids is 2. The molecule has 0 aliphatic carbocycles. The van der Waals surface area contributed by atoms with Gasteiger partial charge in [-0.15, -0.1) is 0 Å². The van der Waals surface area contributed by atoms with Crippen LogP contribution in [0.2, 0.25) is 0 Å². The lowest BCUT2D eigenvalue weighted by Crippen LogP contribution is -2.21. The van der Waals surface area contributed by atoms with Gasteiger partial charge in [-0.2, -0.15) is 10.1 Å². The van der Waals surface area contributed by atoms with Crippen molar-refractivity contribution >= 4 is 39.4 Å². The molecule has 178 valence electrons. The first-order valence-electron chi connectivity index (χ1n) is 10.4. The Morgan fingerprint density at radius 2 is 1.80 bits per heavy atom. The number of carbonyl (C=O) groups is 2. The summed E-state index contributed by atoms with van der Waals surface area (Å²) < 4.78 is 33.8. The second-order valence-corrected chi connectivity index (χ2v) is 9.13. The number of nitrogens with two attached hydrogens (primary N) is 1. The number of furan rings is 1. The average Bonchev–Trinajstić information content (AvgIpc) is 3.42. The fourth-order valence-electron chi connectivity index (χ4n) is 3.35. The normalized spacial score (nSPS) is 14.8. The van der Waals surface area contributed by atoms with Gasteiger partial charge in [0.2, 0.25) is 10.0 Å². The third-order valence-electron chi connectivity index (χ3n) is 5.12. The van der Waals surface area contributed by atoms with Crippen molar-refractivity contribution in [2.24, 2.45) is 10.2 Å². The van der Waals surface area contributed by atoms with Crippen LogP contribution in [0, 0.1) is 0 Å². The second kappa shape index (κ2) is 9.53. The van der Waals surface area contributed by atoms with Crippen molar-refractivity contribution in [1.29, 1.82) is 0 Å². The number of benzene rings is 2. The lowest BCUT2D eigenvalue weighted by molar-refractivity contribution is -0.114. The van der Waals surface area contributed by atoms with Crippen LogP contribution in [0.25, 0.3) is 17.4 Å². The van der Waals surface area contributed by atoms with Gasteiger partial charge in [-0.3, -0.25) is 4.79 Å². The van der Waals surface area contributed by atoms with Crippen LogP contribution in [-0.2, 0) is 19.6 Å². The molecular formula is C25H21N3O6S. The summed E-state index contributed by atoms with van der Waals surface area (Å²) in [7, 11) is -3.84. The highest BCUT2D eigenvalue weighted by Gasteiger charge is 2.29. The second-order valence-electron chi connectivity index (χ2n) is 7.57. The molecule has 0 atom stereocenters. The Morgan fingerprint density at radius 3 is 2.43 bits per heavy atom. The van der Waals surface area contributed by atoms with Crippen LogP contribution < -0.4 is 10.1 Å². The lowest BCUT2D eigenvalue weighted by atomic mass is 10.1. The van der Waals surface area contributed by atoms with E-state index >= 15 is 0 Å². The SMILES string of the molecule is C=CCOC(=O)c1ccc(-c2ccc(C=C3C(=O)N(c4ccc(S(N)(=O)=O)cc4)N=C3C)o2)cc1. The molecule has 1 amide bonds. The molecule has 0 unspecified atom stereocenters. The number of nitrogens with zero attached hydrogens (tertiary/aromatic N) is 2. The van der Waals surface area contributed by atoms with Gasteiger partial charge in [0, 0.05) is 5.56 Å². The fraction of sp³-hybridized carbons (Fsp3) is 0.0800. The molecule has 2 N–H and O–H groups in total. The zero-order chi connectivity index (χ0) is 25.2. The third-order valence-corrected chi connectivity index (χ3v) is 6.05. The molecule has 0 saturated carbocycles. The van der Waals surface area contributed by atoms with Gasteiger partial charge < -0.3 is 9.15 Å². The van der Waals surface area contributed by atoms with Gasteiger partial charge in [-0.25, -0.2) is 18.4 Å². The average molecular weight is 492 g/mol. The molecule has 10 heteroatoms. The molecule has 0 fully saturated rings. The predicted octanol–water partition coefficient (Wildman–Crippen LogP) is 3.74. The molecule has 3 aromatic rings. The summed E-state index contributed by atoms with van der Waals surface area (Å²) in [5, 5.41) is 10.6. The molecule has 2 heterocycles. The molecule has 0 radical (unpaired) electrons. The summed E-state index contributed by atoms with van der Waals surface area (Å²) >= 11 is 0. The number of sulfonamides is 1. The zero-order valence-corrected chi connectivity index (χ0v) is 19.5. The molecule has 9 nitrogen and oxygen atoms in total. The molecular weight excluding hydrogens is 470 g/mol. The van der Waals surface area contributed by atoms with Crippen molar-refractivity contribution in [3.8, 4) is 11.3 Å². The first-order chi connectivity index (χ1) is 16.7. The third kappa shape index (κ3) is 5.13. The van der Waals surface area contributed by atoms with Gasteiger partial charge in [0.05, 0.1) is 27.4 Å². The van der Waals surface area contributed by atoms with E-state index in [2.05, 4.69) is 11.7 Å². The molecule has 2 aromatic carbocycles. The number of hydrogen-bond acceptors (Lipinski definition) is 7. The van der Waals surface area contributed by atoms with Crippen LogP contribution in [-0.4, -0.2) is 32.6 Å². The fourth-order valence-corrected chi connectivity index (χ4v) is 3.87. The number of amides is 1. The summed E-state index contributed by atoms with van der Waals surface area (Å²) in [4.78, 5) is 24.8. The number of ether oxygens (including phenoxy) is 1. The van der Waals surface area contributed by atoms with Gasteiger partial charge in [-0.1, -0.05) is 24.8 Å². The van der Waals surface area contributed by atoms with Gasteiger partial charge in [0.1, 0.15) is 18.1 Å². The predicted molar refractivity (Wildman–Crippen MR) is 131 cm³/mol. The van der Waals surface area contributed by atoms with Crippen LogP contribution in [0.4, 0.5) is 5.69 Å². The highest BCUT2D eigenvalue weighted by atomic mass is 32.2. The zero-order valence-electron chi connectivity index (χ0n) is 18.7. The first-order valence-corrected chi connectivity index (χ1v) is 11.9. The summed E-state index contributed by atoms with van der Waals surface area (Å²) in [6, 6.07) is 15.8. The molecule has 0 spiro atoms. The van der Waals surface area contributed by atoms with E-state index in [1.165, 1.54) is 35.4 Å². The van der Waals surface area contributed by atoms with E-state index < -0.39 is 16.0 Å². The van der Waals surface area contributed by atoms with E-state index in [4.69, 9.17) is 14.3 Å². The topological polar surface area (TPSA) is 132 Å². The van der Waals surface area contributed by atoms with E-state index in [9.17, 15) is 18.0 Å². The minimum atomic E-state index is -3.84. The van der Waals surface area contributed by atoms with Crippen molar-refractivity contribution < 1.29 is 27.2 Å². The minimum Gasteiger partial charge on any atom is -0.458 e. The summed E-state index contributed by atoms with van der Waals surface area (Å²) in [5.74, 6) is 0.169. The Hall–Kier alpha value is -4.28. The van der Waals surface area contributed by atoms with E-state index in [0.29, 0.717) is 34.1 Å². The van der Waals surface area contributed by atoms with Crippen molar-refractivity contribution in [2.75, 3.05) is 11.6 Å². The van der Waals surface area contributed by atoms with Crippen molar-refractivity contribution in [1.82, 2.24) is 0 Å². The number of hydrazone groups is 1. The highest BCUT2D eigenvalue weighted by Crippen LogP contribution is 2.28. The van der Waals surface area contributed by atoms with Crippen molar-refractivity contribution in [3.63, 3.8) is 0 Å². The largest absolute Gasteiger partial charge is 0.458 e. The maximum Gasteiger partial charge on any atom is 0.338 e. The summed E-state index contributed by atoms with van der Waals surface area (Å²) in [6.07, 6.45) is 3.08. The minimum absolute atomic E-state index is 0.0610. The Balaban J connectivity index is 1.52. The lowest BCUT2D eigenvalue weighted by Gasteiger charge is -2.11. The van der Waals surface area contributed by atoms with Crippen molar-refractivity contribution in [3.05, 3.63) is 90.2 Å². The van der Waals surface area contributed by atoms with Gasteiger partial charge in [-0.05, 0) is 61.5 Å². The van der Waals surface area contributed by atoms with E-state index in [1.54, 1.807) is 49.4 Å². The molecule has 1 aliphatic rings. The molecule has 1 aromatic heterocycles. The van der Waals surface area contributed by atoms with Gasteiger partial charge in [0.15, 0.2) is 0 Å². The van der Waals surface area contributed by atoms with E-state index in [1.807, 2.05) is 0 Å². The Kier molecular flexibility index (Phi) is 6.50. The maximum atomic E-state index is 13.0. The van der Waals surface area contributed by atoms with Crippen LogP contribution in [0.1, 0.15) is 23.0 Å². The summed E-state index contributed by atoms with van der Waals surface area (Å²) in [6.45, 7) is 5.34. The van der Waals surface area contributed by atoms with Gasteiger partial charge in [0.25, 0.3) is 5.91 Å². The number of hydrogen-bond donors (Lipinski definition) is 1. The van der Waals surface area contributed by atoms with Crippen LogP contribution in [0.3, 0.4) is 0 Å². The quantitative estimate of drug-likeness (QED) is 0.304. The molecule has 1 aliphatic heterocycles. The summed E-state index contributed by atoms with van der Waals surface area (Å²) in [5.41, 5.74) is 2.37.